The van der Waals surface area contributed by atoms with Gasteiger partial charge in [-0.3, -0.25) is 0 Å². The van der Waals surface area contributed by atoms with Gasteiger partial charge in [-0.05, 0) is 11.5 Å². The van der Waals surface area contributed by atoms with Crippen LogP contribution in [0, 0.1) is 5.92 Å². The molecule has 0 saturated heterocycles. The van der Waals surface area contributed by atoms with Crippen LogP contribution in [0.1, 0.15) is 13.8 Å². The zero-order chi connectivity index (χ0) is 5.86. The van der Waals surface area contributed by atoms with Crippen molar-refractivity contribution in [3.63, 3.8) is 0 Å². The van der Waals surface area contributed by atoms with Crippen LogP contribution in [0.2, 0.25) is 0 Å². The van der Waals surface area contributed by atoms with Gasteiger partial charge in [0.2, 0.25) is 0 Å². The van der Waals surface area contributed by atoms with Gasteiger partial charge in [0.1, 0.15) is 0 Å². The van der Waals surface area contributed by atoms with Crippen LogP contribution in [0.15, 0.2) is 12.2 Å². The number of aliphatic hydroxyl groups is 1. The minimum absolute atomic E-state index is 0.123. The molecule has 0 unspecified atom stereocenters. The molecule has 0 spiro atoms. The maximum Gasteiger partial charge on any atom is 0.0641 e. The number of hydrogen-bond donors (Lipinski definition) is 1. The largest absolute Gasteiger partial charge is 0.392 e. The second kappa shape index (κ2) is 2.80. The summed E-state index contributed by atoms with van der Waals surface area (Å²) in [5, 5.41) is 8.41. The van der Waals surface area contributed by atoms with Gasteiger partial charge in [-0.25, -0.2) is 0 Å². The predicted molar refractivity (Wildman–Crippen MR) is 31.1 cm³/mol. The summed E-state index contributed by atoms with van der Waals surface area (Å²) in [6, 6.07) is 0. The average Bonchev–Trinajstić information content (AvgIpc) is 1.65. The molecule has 0 rings (SSSR count). The first-order valence-corrected chi connectivity index (χ1v) is 2.47. The second-order valence-electron chi connectivity index (χ2n) is 1.97. The van der Waals surface area contributed by atoms with E-state index in [0.717, 1.165) is 5.57 Å². The molecule has 1 heteroatoms. The number of rotatable bonds is 2. The van der Waals surface area contributed by atoms with E-state index in [9.17, 15) is 0 Å². The maximum atomic E-state index is 8.41. The van der Waals surface area contributed by atoms with E-state index in [2.05, 4.69) is 6.58 Å². The van der Waals surface area contributed by atoms with Gasteiger partial charge in [-0.2, -0.15) is 0 Å². The highest BCUT2D eigenvalue weighted by molar-refractivity contribution is 4.96. The van der Waals surface area contributed by atoms with Crippen LogP contribution >= 0.6 is 0 Å². The second-order valence-corrected chi connectivity index (χ2v) is 1.97. The SMILES string of the molecule is C=C(CO)C(C)C. The zero-order valence-corrected chi connectivity index (χ0v) is 4.94. The van der Waals surface area contributed by atoms with Gasteiger partial charge in [-0.15, -0.1) is 0 Å². The summed E-state index contributed by atoms with van der Waals surface area (Å²) in [6.07, 6.45) is 0. The summed E-state index contributed by atoms with van der Waals surface area (Å²) < 4.78 is 0. The average molecular weight is 100 g/mol. The lowest BCUT2D eigenvalue weighted by molar-refractivity contribution is 0.319. The van der Waals surface area contributed by atoms with Crippen molar-refractivity contribution < 1.29 is 5.11 Å². The zero-order valence-electron chi connectivity index (χ0n) is 4.94. The molecule has 0 heterocycles. The van der Waals surface area contributed by atoms with Gasteiger partial charge in [0, 0.05) is 0 Å². The smallest absolute Gasteiger partial charge is 0.0641 e. The third-order valence-corrected chi connectivity index (χ3v) is 1.02. The third-order valence-electron chi connectivity index (χ3n) is 1.02. The minimum Gasteiger partial charge on any atom is -0.392 e. The molecular formula is C6H12O. The molecule has 0 aliphatic rings. The molecule has 0 atom stereocenters. The van der Waals surface area contributed by atoms with Crippen molar-refractivity contribution in [2.24, 2.45) is 5.92 Å². The first-order chi connectivity index (χ1) is 3.18. The fourth-order valence-corrected chi connectivity index (χ4v) is 0.183. The Balaban J connectivity index is 3.35. The van der Waals surface area contributed by atoms with Gasteiger partial charge in [0.15, 0.2) is 0 Å². The number of hydrogen-bond acceptors (Lipinski definition) is 1. The Kier molecular flexibility index (Phi) is 2.68. The molecule has 0 aliphatic heterocycles. The summed E-state index contributed by atoms with van der Waals surface area (Å²) in [4.78, 5) is 0. The number of aliphatic hydroxyl groups excluding tert-OH is 1. The van der Waals surface area contributed by atoms with E-state index in [1.807, 2.05) is 13.8 Å². The Hall–Kier alpha value is -0.300. The Morgan fingerprint density at radius 1 is 1.71 bits per heavy atom. The molecular weight excluding hydrogens is 88.1 g/mol. The van der Waals surface area contributed by atoms with E-state index < -0.39 is 0 Å². The van der Waals surface area contributed by atoms with Gasteiger partial charge < -0.3 is 5.11 Å². The fraction of sp³-hybridized carbons (Fsp3) is 0.667. The highest BCUT2D eigenvalue weighted by Gasteiger charge is 1.94. The van der Waals surface area contributed by atoms with Crippen LogP contribution in [0.4, 0.5) is 0 Å². The van der Waals surface area contributed by atoms with Crippen molar-refractivity contribution >= 4 is 0 Å². The normalized spacial score (nSPS) is 9.71. The van der Waals surface area contributed by atoms with E-state index in [0.29, 0.717) is 5.92 Å². The topological polar surface area (TPSA) is 20.2 Å². The molecule has 1 N–H and O–H groups in total. The molecule has 0 aromatic carbocycles. The highest BCUT2D eigenvalue weighted by atomic mass is 16.3. The minimum atomic E-state index is 0.123. The van der Waals surface area contributed by atoms with Crippen molar-refractivity contribution in [2.45, 2.75) is 13.8 Å². The van der Waals surface area contributed by atoms with Crippen LogP contribution in [-0.2, 0) is 0 Å². The van der Waals surface area contributed by atoms with E-state index in [-0.39, 0.29) is 6.61 Å². The van der Waals surface area contributed by atoms with Crippen LogP contribution in [0.25, 0.3) is 0 Å². The first-order valence-electron chi connectivity index (χ1n) is 2.47. The molecule has 0 amide bonds. The monoisotopic (exact) mass is 100 g/mol. The summed E-state index contributed by atoms with van der Waals surface area (Å²) >= 11 is 0. The Bertz CT molecular complexity index is 64.6. The molecule has 0 saturated carbocycles. The standard InChI is InChI=1S/C6H12O/c1-5(2)6(3)4-7/h5,7H,3-4H2,1-2H3. The first kappa shape index (κ1) is 6.70. The van der Waals surface area contributed by atoms with Gasteiger partial charge in [-0.1, -0.05) is 20.4 Å². The van der Waals surface area contributed by atoms with Gasteiger partial charge >= 0.3 is 0 Å². The van der Waals surface area contributed by atoms with Gasteiger partial charge in [0.25, 0.3) is 0 Å². The fourth-order valence-electron chi connectivity index (χ4n) is 0.183. The quantitative estimate of drug-likeness (QED) is 0.517. The third kappa shape index (κ3) is 2.40. The van der Waals surface area contributed by atoms with Crippen molar-refractivity contribution in [2.75, 3.05) is 6.61 Å². The molecule has 42 valence electrons. The highest BCUT2D eigenvalue weighted by Crippen LogP contribution is 2.03. The van der Waals surface area contributed by atoms with Gasteiger partial charge in [0.05, 0.1) is 6.61 Å². The predicted octanol–water partition coefficient (Wildman–Crippen LogP) is 1.19. The molecule has 0 aliphatic carbocycles. The maximum absolute atomic E-state index is 8.41. The Labute approximate surface area is 44.7 Å². The summed E-state index contributed by atoms with van der Waals surface area (Å²) in [5.41, 5.74) is 0.903. The van der Waals surface area contributed by atoms with Crippen molar-refractivity contribution in [1.82, 2.24) is 0 Å². The van der Waals surface area contributed by atoms with Crippen molar-refractivity contribution in [1.29, 1.82) is 0 Å². The van der Waals surface area contributed by atoms with E-state index in [4.69, 9.17) is 5.11 Å². The van der Waals surface area contributed by atoms with E-state index in [1.165, 1.54) is 0 Å². The lowest BCUT2D eigenvalue weighted by Crippen LogP contribution is -1.95. The lowest BCUT2D eigenvalue weighted by atomic mass is 10.1. The molecule has 0 bridgehead atoms. The molecule has 0 fully saturated rings. The summed E-state index contributed by atoms with van der Waals surface area (Å²) in [7, 11) is 0. The Morgan fingerprint density at radius 3 is 2.14 bits per heavy atom. The van der Waals surface area contributed by atoms with E-state index >= 15 is 0 Å². The molecule has 7 heavy (non-hydrogen) atoms. The Morgan fingerprint density at radius 2 is 2.14 bits per heavy atom. The summed E-state index contributed by atoms with van der Waals surface area (Å²) in [6.45, 7) is 7.77. The van der Waals surface area contributed by atoms with Crippen LogP contribution in [-0.4, -0.2) is 11.7 Å². The van der Waals surface area contributed by atoms with Crippen molar-refractivity contribution in [3.8, 4) is 0 Å². The lowest BCUT2D eigenvalue weighted by Gasteiger charge is -2.02. The molecule has 0 aromatic heterocycles. The van der Waals surface area contributed by atoms with Crippen LogP contribution in [0.3, 0.4) is 0 Å². The van der Waals surface area contributed by atoms with E-state index in [1.54, 1.807) is 0 Å². The van der Waals surface area contributed by atoms with Crippen LogP contribution in [0.5, 0.6) is 0 Å². The summed E-state index contributed by atoms with van der Waals surface area (Å²) in [5.74, 6) is 0.421. The molecule has 0 aromatic rings. The van der Waals surface area contributed by atoms with Crippen molar-refractivity contribution in [3.05, 3.63) is 12.2 Å². The molecule has 0 radical (unpaired) electrons. The molecule has 1 nitrogen and oxygen atoms in total. The van der Waals surface area contributed by atoms with Crippen LogP contribution < -0.4 is 0 Å².